The van der Waals surface area contributed by atoms with Gasteiger partial charge in [-0.15, -0.1) is 0 Å². The van der Waals surface area contributed by atoms with Crippen molar-refractivity contribution >= 4 is 0 Å². The third kappa shape index (κ3) is 1.46. The van der Waals surface area contributed by atoms with E-state index in [1.54, 1.807) is 0 Å². The highest BCUT2D eigenvalue weighted by molar-refractivity contribution is 4.67. The highest BCUT2D eigenvalue weighted by Gasteiger charge is 2.22. The zero-order valence-corrected chi connectivity index (χ0v) is 5.44. The highest BCUT2D eigenvalue weighted by Crippen LogP contribution is 2.23. The second-order valence-electron chi connectivity index (χ2n) is 3.00. The normalized spacial score (nSPS) is 27.8. The van der Waals surface area contributed by atoms with Crippen LogP contribution < -0.4 is 0 Å². The van der Waals surface area contributed by atoms with Crippen LogP contribution in [0, 0.1) is 5.41 Å². The van der Waals surface area contributed by atoms with E-state index in [4.69, 9.17) is 9.78 Å². The van der Waals surface area contributed by atoms with Crippen molar-refractivity contribution in [1.29, 1.82) is 0 Å². The zero-order valence-electron chi connectivity index (χ0n) is 5.44. The van der Waals surface area contributed by atoms with E-state index in [0.29, 0.717) is 5.41 Å². The van der Waals surface area contributed by atoms with Gasteiger partial charge < -0.3 is 0 Å². The fourth-order valence-electron chi connectivity index (χ4n) is 0.650. The fraction of sp³-hybridized carbons (Fsp3) is 1.00. The Morgan fingerprint density at radius 3 is 2.25 bits per heavy atom. The van der Waals surface area contributed by atoms with Gasteiger partial charge in [-0.05, 0) is 11.8 Å². The van der Waals surface area contributed by atoms with Gasteiger partial charge in [0.25, 0.3) is 0 Å². The van der Waals surface area contributed by atoms with Gasteiger partial charge in [0.2, 0.25) is 0 Å². The van der Waals surface area contributed by atoms with Crippen molar-refractivity contribution in [3.05, 3.63) is 0 Å². The molecule has 2 heteroatoms. The van der Waals surface area contributed by atoms with Crippen molar-refractivity contribution in [2.24, 2.45) is 5.41 Å². The summed E-state index contributed by atoms with van der Waals surface area (Å²) in [7, 11) is 0. The van der Waals surface area contributed by atoms with Gasteiger partial charge in [0, 0.05) is 0 Å². The zero-order chi connectivity index (χ0) is 6.04. The van der Waals surface area contributed by atoms with Gasteiger partial charge in [-0.2, -0.15) is 0 Å². The summed E-state index contributed by atoms with van der Waals surface area (Å²) in [6.45, 7) is 5.82. The minimum absolute atomic E-state index is 0.332. The maximum Gasteiger partial charge on any atom is 0.0874 e. The molecule has 0 amide bonds. The van der Waals surface area contributed by atoms with Gasteiger partial charge in [-0.3, -0.25) is 0 Å². The molecule has 0 atom stereocenters. The molecule has 0 aliphatic carbocycles. The van der Waals surface area contributed by atoms with E-state index in [1.807, 2.05) is 0 Å². The predicted octanol–water partition coefficient (Wildman–Crippen LogP) is 1.36. The molecule has 0 unspecified atom stereocenters. The summed E-state index contributed by atoms with van der Waals surface area (Å²) in [5.74, 6) is 0. The topological polar surface area (TPSA) is 18.5 Å². The van der Waals surface area contributed by atoms with Crippen LogP contribution in [-0.2, 0) is 9.78 Å². The monoisotopic (exact) mass is 116 g/mol. The minimum atomic E-state index is 0.332. The molecular weight excluding hydrogens is 104 g/mol. The fourth-order valence-corrected chi connectivity index (χ4v) is 0.650. The van der Waals surface area contributed by atoms with E-state index in [2.05, 4.69) is 13.8 Å². The van der Waals surface area contributed by atoms with Crippen molar-refractivity contribution in [2.45, 2.75) is 20.3 Å². The minimum Gasteiger partial charge on any atom is -0.237 e. The van der Waals surface area contributed by atoms with E-state index in [-0.39, 0.29) is 0 Å². The van der Waals surface area contributed by atoms with Crippen LogP contribution in [0.15, 0.2) is 0 Å². The van der Waals surface area contributed by atoms with Crippen LogP contribution in [0.1, 0.15) is 20.3 Å². The summed E-state index contributed by atoms with van der Waals surface area (Å²) < 4.78 is 0. The van der Waals surface area contributed by atoms with Crippen LogP contribution in [0.5, 0.6) is 0 Å². The first kappa shape index (κ1) is 6.05. The largest absolute Gasteiger partial charge is 0.237 e. The van der Waals surface area contributed by atoms with Crippen molar-refractivity contribution in [1.82, 2.24) is 0 Å². The molecule has 2 nitrogen and oxygen atoms in total. The van der Waals surface area contributed by atoms with Crippen LogP contribution >= 0.6 is 0 Å². The Bertz CT molecular complexity index is 70.6. The van der Waals surface area contributed by atoms with Gasteiger partial charge >= 0.3 is 0 Å². The summed E-state index contributed by atoms with van der Waals surface area (Å²) in [5, 5.41) is 0. The molecule has 8 heavy (non-hydrogen) atoms. The SMILES string of the molecule is CC1(C)CCOOC1. The summed E-state index contributed by atoms with van der Waals surface area (Å²) in [6.07, 6.45) is 1.10. The Morgan fingerprint density at radius 2 is 2.00 bits per heavy atom. The van der Waals surface area contributed by atoms with E-state index in [1.165, 1.54) is 0 Å². The van der Waals surface area contributed by atoms with Crippen molar-refractivity contribution in [3.63, 3.8) is 0 Å². The highest BCUT2D eigenvalue weighted by atomic mass is 17.2. The summed E-state index contributed by atoms with van der Waals surface area (Å²) in [4.78, 5) is 9.49. The second kappa shape index (κ2) is 2.03. The maximum atomic E-state index is 4.78. The van der Waals surface area contributed by atoms with Crippen molar-refractivity contribution < 1.29 is 9.78 Å². The summed E-state index contributed by atoms with van der Waals surface area (Å²) in [6, 6.07) is 0. The van der Waals surface area contributed by atoms with Gasteiger partial charge in [0.05, 0.1) is 13.2 Å². The molecule has 0 aromatic carbocycles. The van der Waals surface area contributed by atoms with E-state index in [9.17, 15) is 0 Å². The lowest BCUT2D eigenvalue weighted by atomic mass is 9.91. The average Bonchev–Trinajstić information content (AvgIpc) is 1.65. The number of hydrogen-bond acceptors (Lipinski definition) is 2. The molecule has 0 radical (unpaired) electrons. The summed E-state index contributed by atoms with van der Waals surface area (Å²) >= 11 is 0. The van der Waals surface area contributed by atoms with Gasteiger partial charge in [0.15, 0.2) is 0 Å². The standard InChI is InChI=1S/C6H12O2/c1-6(2)3-4-7-8-5-6/h3-5H2,1-2H3. The third-order valence-corrected chi connectivity index (χ3v) is 1.40. The molecule has 0 spiro atoms. The Hall–Kier alpha value is -0.0800. The smallest absolute Gasteiger partial charge is 0.0874 e. The molecule has 0 aromatic rings. The average molecular weight is 116 g/mol. The molecule has 0 saturated carbocycles. The van der Waals surface area contributed by atoms with E-state index in [0.717, 1.165) is 19.6 Å². The molecular formula is C6H12O2. The van der Waals surface area contributed by atoms with Gasteiger partial charge in [-0.25, -0.2) is 9.78 Å². The van der Waals surface area contributed by atoms with Crippen molar-refractivity contribution in [3.8, 4) is 0 Å². The van der Waals surface area contributed by atoms with Gasteiger partial charge in [0.1, 0.15) is 0 Å². The van der Waals surface area contributed by atoms with Crippen LogP contribution in [0.3, 0.4) is 0 Å². The summed E-state index contributed by atoms with van der Waals surface area (Å²) in [5.41, 5.74) is 0.332. The molecule has 1 aliphatic rings. The van der Waals surface area contributed by atoms with Crippen LogP contribution in [0.2, 0.25) is 0 Å². The molecule has 1 heterocycles. The Balaban J connectivity index is 2.33. The van der Waals surface area contributed by atoms with Gasteiger partial charge in [-0.1, -0.05) is 13.8 Å². The Morgan fingerprint density at radius 1 is 1.25 bits per heavy atom. The van der Waals surface area contributed by atoms with E-state index < -0.39 is 0 Å². The molecule has 1 saturated heterocycles. The van der Waals surface area contributed by atoms with Crippen LogP contribution in [0.25, 0.3) is 0 Å². The molecule has 0 N–H and O–H groups in total. The Labute approximate surface area is 49.7 Å². The lowest BCUT2D eigenvalue weighted by Crippen LogP contribution is -2.26. The molecule has 0 aromatic heterocycles. The first-order valence-corrected chi connectivity index (χ1v) is 2.95. The first-order valence-electron chi connectivity index (χ1n) is 2.95. The lowest BCUT2D eigenvalue weighted by molar-refractivity contribution is -0.335. The lowest BCUT2D eigenvalue weighted by Gasteiger charge is -2.27. The van der Waals surface area contributed by atoms with Crippen LogP contribution in [0.4, 0.5) is 0 Å². The quantitative estimate of drug-likeness (QED) is 0.445. The number of hydrogen-bond donors (Lipinski definition) is 0. The van der Waals surface area contributed by atoms with Crippen LogP contribution in [-0.4, -0.2) is 13.2 Å². The number of rotatable bonds is 0. The maximum absolute atomic E-state index is 4.78. The molecule has 1 rings (SSSR count). The predicted molar refractivity (Wildman–Crippen MR) is 30.3 cm³/mol. The molecule has 0 bridgehead atoms. The molecule has 48 valence electrons. The second-order valence-corrected chi connectivity index (χ2v) is 3.00. The molecule has 1 fully saturated rings. The molecule has 1 aliphatic heterocycles. The van der Waals surface area contributed by atoms with E-state index >= 15 is 0 Å². The third-order valence-electron chi connectivity index (χ3n) is 1.40. The van der Waals surface area contributed by atoms with Crippen molar-refractivity contribution in [2.75, 3.05) is 13.2 Å². The first-order chi connectivity index (χ1) is 3.71. The Kier molecular flexibility index (Phi) is 1.54.